The maximum atomic E-state index is 13.1. The van der Waals surface area contributed by atoms with E-state index in [-0.39, 0.29) is 18.1 Å². The molecule has 0 radical (unpaired) electrons. The fraction of sp³-hybridized carbons (Fsp3) is 0.421. The van der Waals surface area contributed by atoms with Crippen LogP contribution in [-0.2, 0) is 6.54 Å². The number of nitrogens with one attached hydrogen (secondary N) is 1. The quantitative estimate of drug-likeness (QED) is 0.734. The van der Waals surface area contributed by atoms with E-state index in [0.29, 0.717) is 24.5 Å². The number of carbonyl (C=O) groups excluding carboxylic acids is 1. The van der Waals surface area contributed by atoms with E-state index in [4.69, 9.17) is 10.5 Å². The second kappa shape index (κ2) is 9.07. The van der Waals surface area contributed by atoms with Gasteiger partial charge in [0.05, 0.1) is 12.2 Å². The van der Waals surface area contributed by atoms with Crippen LogP contribution in [0.15, 0.2) is 33.9 Å². The molecule has 8 nitrogen and oxygen atoms in total. The molecule has 0 fully saturated rings. The van der Waals surface area contributed by atoms with Crippen molar-refractivity contribution < 1.29 is 9.53 Å². The number of carbonyl (C=O) groups is 1. The summed E-state index contributed by atoms with van der Waals surface area (Å²) in [7, 11) is 0. The molecule has 0 bridgehead atoms. The molecule has 0 saturated carbocycles. The Labute approximate surface area is 157 Å². The number of unbranched alkanes of at least 4 members (excludes halogenated alkanes) is 1. The number of nitrogens with zero attached hydrogens (tertiary/aromatic N) is 2. The first-order valence-corrected chi connectivity index (χ1v) is 9.12. The molecule has 1 aromatic carbocycles. The van der Waals surface area contributed by atoms with Crippen molar-refractivity contribution in [2.75, 3.05) is 23.8 Å². The topological polar surface area (TPSA) is 110 Å². The lowest BCUT2D eigenvalue weighted by atomic mass is 10.1. The third-order valence-corrected chi connectivity index (χ3v) is 4.20. The van der Waals surface area contributed by atoms with Crippen LogP contribution in [0.1, 0.15) is 44.0 Å². The lowest BCUT2D eigenvalue weighted by molar-refractivity contribution is 0.0984. The fourth-order valence-electron chi connectivity index (χ4n) is 2.85. The van der Waals surface area contributed by atoms with Gasteiger partial charge in [-0.05, 0) is 32.4 Å². The van der Waals surface area contributed by atoms with Gasteiger partial charge in [-0.1, -0.05) is 25.5 Å². The van der Waals surface area contributed by atoms with Crippen molar-refractivity contribution in [2.24, 2.45) is 0 Å². The third-order valence-electron chi connectivity index (χ3n) is 4.20. The number of H-pyrrole nitrogens is 1. The van der Waals surface area contributed by atoms with Crippen LogP contribution in [0.25, 0.3) is 0 Å². The number of benzene rings is 1. The lowest BCUT2D eigenvalue weighted by Crippen LogP contribution is -2.41. The molecule has 1 heterocycles. The van der Waals surface area contributed by atoms with Gasteiger partial charge < -0.3 is 15.4 Å². The summed E-state index contributed by atoms with van der Waals surface area (Å²) in [5.41, 5.74) is 5.17. The lowest BCUT2D eigenvalue weighted by Gasteiger charge is -2.24. The minimum absolute atomic E-state index is 0.0127. The first kappa shape index (κ1) is 20.3. The summed E-state index contributed by atoms with van der Waals surface area (Å²) in [6.45, 7) is 6.53. The van der Waals surface area contributed by atoms with E-state index in [1.165, 1.54) is 9.47 Å². The van der Waals surface area contributed by atoms with Crippen LogP contribution >= 0.6 is 0 Å². The summed E-state index contributed by atoms with van der Waals surface area (Å²) in [5, 5.41) is 0. The maximum absolute atomic E-state index is 13.1. The van der Waals surface area contributed by atoms with Crippen molar-refractivity contribution in [3.63, 3.8) is 0 Å². The summed E-state index contributed by atoms with van der Waals surface area (Å²) >= 11 is 0. The van der Waals surface area contributed by atoms with Crippen molar-refractivity contribution in [1.82, 2.24) is 9.55 Å². The monoisotopic (exact) mass is 374 g/mol. The molecule has 8 heteroatoms. The van der Waals surface area contributed by atoms with Crippen molar-refractivity contribution in [1.29, 1.82) is 0 Å². The molecule has 0 aliphatic carbocycles. The molecule has 0 aliphatic rings. The van der Waals surface area contributed by atoms with E-state index >= 15 is 0 Å². The molecule has 0 saturated heterocycles. The van der Waals surface area contributed by atoms with Crippen LogP contribution < -0.4 is 26.6 Å². The zero-order chi connectivity index (χ0) is 20.0. The zero-order valence-corrected chi connectivity index (χ0v) is 15.9. The molecule has 0 atom stereocenters. The first-order valence-electron chi connectivity index (χ1n) is 9.12. The van der Waals surface area contributed by atoms with Crippen LogP contribution in [0.2, 0.25) is 0 Å². The Morgan fingerprint density at radius 3 is 2.56 bits per heavy atom. The highest BCUT2D eigenvalue weighted by atomic mass is 16.5. The second-order valence-corrected chi connectivity index (χ2v) is 5.98. The molecule has 0 spiro atoms. The van der Waals surface area contributed by atoms with Gasteiger partial charge in [-0.2, -0.15) is 0 Å². The molecular formula is C19H26N4O4. The summed E-state index contributed by atoms with van der Waals surface area (Å²) < 4.78 is 6.82. The van der Waals surface area contributed by atoms with Gasteiger partial charge in [0.15, 0.2) is 5.69 Å². The first-order chi connectivity index (χ1) is 13.0. The molecule has 1 aromatic heterocycles. The summed E-state index contributed by atoms with van der Waals surface area (Å²) in [4.78, 5) is 41.2. The van der Waals surface area contributed by atoms with Gasteiger partial charge >= 0.3 is 5.69 Å². The highest BCUT2D eigenvalue weighted by molar-refractivity contribution is 6.08. The number of rotatable bonds is 8. The molecule has 2 rings (SSSR count). The van der Waals surface area contributed by atoms with Crippen LogP contribution in [-0.4, -0.2) is 28.6 Å². The van der Waals surface area contributed by atoms with Gasteiger partial charge in [-0.15, -0.1) is 0 Å². The van der Waals surface area contributed by atoms with Gasteiger partial charge in [0.2, 0.25) is 0 Å². The minimum Gasteiger partial charge on any atom is -0.493 e. The summed E-state index contributed by atoms with van der Waals surface area (Å²) in [5.74, 6) is -0.00140. The van der Waals surface area contributed by atoms with Crippen molar-refractivity contribution in [3.8, 4) is 5.75 Å². The van der Waals surface area contributed by atoms with Gasteiger partial charge in [0, 0.05) is 13.1 Å². The van der Waals surface area contributed by atoms with Crippen LogP contribution in [0.3, 0.4) is 0 Å². The van der Waals surface area contributed by atoms with Crippen LogP contribution in [0.4, 0.5) is 11.5 Å². The molecular weight excluding hydrogens is 348 g/mol. The number of nitrogen functional groups attached to an aromatic ring is 1. The largest absolute Gasteiger partial charge is 0.493 e. The SMILES string of the molecule is CCCCn1c(N)c(N(CC)C(=O)c2ccccc2OCC)c(=O)[nH]c1=O. The number of nitrogens with two attached hydrogens (primary N) is 1. The van der Waals surface area contributed by atoms with Crippen molar-refractivity contribution in [3.05, 3.63) is 50.7 Å². The Kier molecular flexibility index (Phi) is 6.81. The number of para-hydroxylation sites is 1. The van der Waals surface area contributed by atoms with Gasteiger partial charge in [0.1, 0.15) is 11.6 Å². The molecule has 27 heavy (non-hydrogen) atoms. The van der Waals surface area contributed by atoms with Crippen molar-refractivity contribution in [2.45, 2.75) is 40.2 Å². The van der Waals surface area contributed by atoms with Crippen LogP contribution in [0.5, 0.6) is 5.75 Å². The predicted octanol–water partition coefficient (Wildman–Crippen LogP) is 1.98. The Morgan fingerprint density at radius 2 is 1.93 bits per heavy atom. The number of amides is 1. The van der Waals surface area contributed by atoms with E-state index in [0.717, 1.165) is 12.8 Å². The minimum atomic E-state index is -0.686. The highest BCUT2D eigenvalue weighted by Gasteiger charge is 2.25. The second-order valence-electron chi connectivity index (χ2n) is 5.98. The molecule has 0 unspecified atom stereocenters. The Balaban J connectivity index is 2.56. The zero-order valence-electron chi connectivity index (χ0n) is 15.9. The van der Waals surface area contributed by atoms with Gasteiger partial charge in [-0.3, -0.25) is 19.1 Å². The maximum Gasteiger partial charge on any atom is 0.330 e. The van der Waals surface area contributed by atoms with E-state index < -0.39 is 17.2 Å². The predicted molar refractivity (Wildman–Crippen MR) is 106 cm³/mol. The number of anilines is 2. The van der Waals surface area contributed by atoms with Gasteiger partial charge in [0.25, 0.3) is 11.5 Å². The Bertz CT molecular complexity index is 917. The van der Waals surface area contributed by atoms with E-state index in [2.05, 4.69) is 4.98 Å². The molecule has 2 aromatic rings. The van der Waals surface area contributed by atoms with Gasteiger partial charge in [-0.25, -0.2) is 4.79 Å². The van der Waals surface area contributed by atoms with Crippen molar-refractivity contribution >= 4 is 17.4 Å². The van der Waals surface area contributed by atoms with Crippen LogP contribution in [0, 0.1) is 0 Å². The number of aromatic nitrogens is 2. The molecule has 3 N–H and O–H groups in total. The summed E-state index contributed by atoms with van der Waals surface area (Å²) in [6.07, 6.45) is 1.58. The number of hydrogen-bond donors (Lipinski definition) is 2. The summed E-state index contributed by atoms with van der Waals surface area (Å²) in [6, 6.07) is 6.82. The molecule has 146 valence electrons. The number of aromatic amines is 1. The number of hydrogen-bond acceptors (Lipinski definition) is 5. The standard InChI is InChI=1S/C19H26N4O4/c1-4-7-12-23-16(20)15(17(24)21-19(23)26)22(5-2)18(25)13-10-8-9-11-14(13)27-6-3/h8-11H,4-7,12,20H2,1-3H3,(H,21,24,26). The van der Waals surface area contributed by atoms with E-state index in [1.807, 2.05) is 13.8 Å². The molecule has 0 aliphatic heterocycles. The Morgan fingerprint density at radius 1 is 1.22 bits per heavy atom. The number of ether oxygens (including phenoxy) is 1. The van der Waals surface area contributed by atoms with E-state index in [1.54, 1.807) is 31.2 Å². The van der Waals surface area contributed by atoms with E-state index in [9.17, 15) is 14.4 Å². The smallest absolute Gasteiger partial charge is 0.330 e. The third kappa shape index (κ3) is 4.21. The fourth-order valence-corrected chi connectivity index (χ4v) is 2.85. The highest BCUT2D eigenvalue weighted by Crippen LogP contribution is 2.24. The molecule has 1 amide bonds. The average molecular weight is 374 g/mol. The Hall–Kier alpha value is -3.03. The average Bonchev–Trinajstić information content (AvgIpc) is 2.65. The normalized spacial score (nSPS) is 10.6.